The van der Waals surface area contributed by atoms with Gasteiger partial charge in [-0.15, -0.1) is 0 Å². The summed E-state index contributed by atoms with van der Waals surface area (Å²) in [5, 5.41) is 16.7. The number of benzene rings is 1. The summed E-state index contributed by atoms with van der Waals surface area (Å²) in [5.41, 5.74) is 4.17. The normalized spacial score (nSPS) is 11.6. The third kappa shape index (κ3) is 0.824. The fourth-order valence-corrected chi connectivity index (χ4v) is 1.79. The molecular weight excluding hydrogens is 176 g/mol. The van der Waals surface area contributed by atoms with E-state index in [4.69, 9.17) is 0 Å². The minimum absolute atomic E-state index is 1.03. The Balaban J connectivity index is 2.57. The summed E-state index contributed by atoms with van der Waals surface area (Å²) in [5.74, 6) is 0. The van der Waals surface area contributed by atoms with Gasteiger partial charge in [-0.05, 0) is 26.0 Å². The van der Waals surface area contributed by atoms with Gasteiger partial charge in [-0.3, -0.25) is 10.2 Å². The molecule has 0 bridgehead atoms. The lowest BCUT2D eigenvalue weighted by Crippen LogP contribution is -1.73. The van der Waals surface area contributed by atoms with Crippen LogP contribution >= 0.6 is 0 Å². The molecular formula is C10H10N4. The van der Waals surface area contributed by atoms with E-state index < -0.39 is 0 Å². The van der Waals surface area contributed by atoms with Crippen molar-refractivity contribution in [1.82, 2.24) is 20.4 Å². The Bertz CT molecular complexity index is 566. The highest BCUT2D eigenvalue weighted by Gasteiger charge is 2.06. The molecule has 14 heavy (non-hydrogen) atoms. The molecule has 3 rings (SSSR count). The fourth-order valence-electron chi connectivity index (χ4n) is 1.79. The summed E-state index contributed by atoms with van der Waals surface area (Å²) in [7, 11) is 0. The molecule has 4 heteroatoms. The number of nitrogens with one attached hydrogen (secondary N) is 2. The van der Waals surface area contributed by atoms with Crippen molar-refractivity contribution >= 4 is 21.8 Å². The molecule has 0 aliphatic rings. The SMILES string of the molecule is Cc1n[nH]c2cc3[nH]nc(C)c3cc12. The highest BCUT2D eigenvalue weighted by Crippen LogP contribution is 2.23. The monoisotopic (exact) mass is 186 g/mol. The van der Waals surface area contributed by atoms with Crippen molar-refractivity contribution in [1.29, 1.82) is 0 Å². The number of H-pyrrole nitrogens is 2. The van der Waals surface area contributed by atoms with E-state index in [1.165, 1.54) is 10.8 Å². The van der Waals surface area contributed by atoms with Crippen LogP contribution in [0.5, 0.6) is 0 Å². The Labute approximate surface area is 80.3 Å². The molecule has 1 aromatic carbocycles. The number of hydrogen-bond donors (Lipinski definition) is 2. The van der Waals surface area contributed by atoms with Crippen molar-refractivity contribution in [3.63, 3.8) is 0 Å². The van der Waals surface area contributed by atoms with Crippen molar-refractivity contribution in [3.8, 4) is 0 Å². The van der Waals surface area contributed by atoms with Crippen LogP contribution in [-0.4, -0.2) is 20.4 Å². The van der Waals surface area contributed by atoms with Crippen LogP contribution in [-0.2, 0) is 0 Å². The van der Waals surface area contributed by atoms with Gasteiger partial charge in [0.25, 0.3) is 0 Å². The highest BCUT2D eigenvalue weighted by atomic mass is 15.1. The molecule has 2 N–H and O–H groups in total. The molecule has 4 nitrogen and oxygen atoms in total. The first-order valence-corrected chi connectivity index (χ1v) is 4.55. The molecule has 0 fully saturated rings. The lowest BCUT2D eigenvalue weighted by Gasteiger charge is -1.91. The number of nitrogens with zero attached hydrogens (tertiary/aromatic N) is 2. The van der Waals surface area contributed by atoms with Crippen LogP contribution in [0.1, 0.15) is 11.4 Å². The number of rotatable bonds is 0. The van der Waals surface area contributed by atoms with E-state index in [1.807, 2.05) is 19.9 Å². The number of aromatic amines is 2. The predicted octanol–water partition coefficient (Wildman–Crippen LogP) is 2.06. The largest absolute Gasteiger partial charge is 0.277 e. The molecule has 0 radical (unpaired) electrons. The molecule has 0 aliphatic heterocycles. The summed E-state index contributed by atoms with van der Waals surface area (Å²) in [6.45, 7) is 4.00. The smallest absolute Gasteiger partial charge is 0.0674 e. The van der Waals surface area contributed by atoms with E-state index in [0.717, 1.165) is 22.4 Å². The van der Waals surface area contributed by atoms with Gasteiger partial charge in [0, 0.05) is 10.8 Å². The molecule has 0 saturated heterocycles. The van der Waals surface area contributed by atoms with Crippen LogP contribution in [0.3, 0.4) is 0 Å². The van der Waals surface area contributed by atoms with Crippen LogP contribution in [0, 0.1) is 13.8 Å². The molecule has 0 aliphatic carbocycles. The zero-order valence-electron chi connectivity index (χ0n) is 8.05. The van der Waals surface area contributed by atoms with Gasteiger partial charge < -0.3 is 0 Å². The summed E-state index contributed by atoms with van der Waals surface area (Å²) < 4.78 is 0. The third-order valence-corrected chi connectivity index (χ3v) is 2.63. The molecule has 0 atom stereocenters. The Morgan fingerprint density at radius 3 is 1.86 bits per heavy atom. The Kier molecular flexibility index (Phi) is 1.27. The van der Waals surface area contributed by atoms with Gasteiger partial charge in [0.1, 0.15) is 0 Å². The van der Waals surface area contributed by atoms with Crippen LogP contribution in [0.4, 0.5) is 0 Å². The maximum absolute atomic E-state index is 4.17. The average molecular weight is 186 g/mol. The molecule has 3 aromatic rings. The van der Waals surface area contributed by atoms with Gasteiger partial charge in [0.2, 0.25) is 0 Å². The van der Waals surface area contributed by atoms with Gasteiger partial charge in [0.05, 0.1) is 22.4 Å². The first kappa shape index (κ1) is 7.55. The third-order valence-electron chi connectivity index (χ3n) is 2.63. The molecule has 0 spiro atoms. The minimum atomic E-state index is 1.03. The van der Waals surface area contributed by atoms with E-state index >= 15 is 0 Å². The summed E-state index contributed by atoms with van der Waals surface area (Å²) >= 11 is 0. The first-order chi connectivity index (χ1) is 6.75. The topological polar surface area (TPSA) is 57.4 Å². The predicted molar refractivity (Wildman–Crippen MR) is 55.2 cm³/mol. The molecule has 0 amide bonds. The Morgan fingerprint density at radius 2 is 1.36 bits per heavy atom. The van der Waals surface area contributed by atoms with Crippen molar-refractivity contribution in [2.75, 3.05) is 0 Å². The fraction of sp³-hybridized carbons (Fsp3) is 0.200. The maximum atomic E-state index is 4.17. The van der Waals surface area contributed by atoms with E-state index in [9.17, 15) is 0 Å². The van der Waals surface area contributed by atoms with E-state index in [1.54, 1.807) is 0 Å². The number of aromatic nitrogens is 4. The van der Waals surface area contributed by atoms with E-state index in [2.05, 4.69) is 26.5 Å². The molecule has 70 valence electrons. The summed E-state index contributed by atoms with van der Waals surface area (Å²) in [4.78, 5) is 0. The van der Waals surface area contributed by atoms with Gasteiger partial charge in [-0.1, -0.05) is 0 Å². The minimum Gasteiger partial charge on any atom is -0.277 e. The number of aryl methyl sites for hydroxylation is 2. The van der Waals surface area contributed by atoms with Gasteiger partial charge >= 0.3 is 0 Å². The van der Waals surface area contributed by atoms with Crippen molar-refractivity contribution in [2.45, 2.75) is 13.8 Å². The van der Waals surface area contributed by atoms with Crippen molar-refractivity contribution < 1.29 is 0 Å². The quantitative estimate of drug-likeness (QED) is 0.564. The second kappa shape index (κ2) is 2.35. The first-order valence-electron chi connectivity index (χ1n) is 4.55. The standard InChI is InChI=1S/C10H10N4/c1-5-7-3-8-6(2)12-14-10(8)4-9(7)13-11-5/h3-4H,1-2H3,(H,11,13)(H,12,14). The molecule has 0 saturated carbocycles. The summed E-state index contributed by atoms with van der Waals surface area (Å²) in [6.07, 6.45) is 0. The maximum Gasteiger partial charge on any atom is 0.0674 e. The Hall–Kier alpha value is -1.84. The zero-order chi connectivity index (χ0) is 9.71. The second-order valence-corrected chi connectivity index (χ2v) is 3.56. The number of hydrogen-bond acceptors (Lipinski definition) is 2. The number of fused-ring (bicyclic) bond motifs is 2. The van der Waals surface area contributed by atoms with E-state index in [-0.39, 0.29) is 0 Å². The van der Waals surface area contributed by atoms with Crippen LogP contribution in [0.25, 0.3) is 21.8 Å². The lowest BCUT2D eigenvalue weighted by atomic mass is 10.1. The van der Waals surface area contributed by atoms with Gasteiger partial charge in [0.15, 0.2) is 0 Å². The van der Waals surface area contributed by atoms with Crippen LogP contribution in [0.2, 0.25) is 0 Å². The van der Waals surface area contributed by atoms with Crippen LogP contribution < -0.4 is 0 Å². The van der Waals surface area contributed by atoms with Gasteiger partial charge in [-0.25, -0.2) is 0 Å². The van der Waals surface area contributed by atoms with Crippen LogP contribution in [0.15, 0.2) is 12.1 Å². The average Bonchev–Trinajstić information content (AvgIpc) is 2.71. The van der Waals surface area contributed by atoms with Crippen molar-refractivity contribution in [3.05, 3.63) is 23.5 Å². The highest BCUT2D eigenvalue weighted by molar-refractivity contribution is 5.96. The van der Waals surface area contributed by atoms with Crippen molar-refractivity contribution in [2.24, 2.45) is 0 Å². The second-order valence-electron chi connectivity index (χ2n) is 3.56. The van der Waals surface area contributed by atoms with Gasteiger partial charge in [-0.2, -0.15) is 10.2 Å². The Morgan fingerprint density at radius 1 is 0.857 bits per heavy atom. The lowest BCUT2D eigenvalue weighted by molar-refractivity contribution is 1.06. The zero-order valence-corrected chi connectivity index (χ0v) is 8.05. The molecule has 2 aromatic heterocycles. The molecule has 2 heterocycles. The molecule has 0 unspecified atom stereocenters. The van der Waals surface area contributed by atoms with E-state index in [0.29, 0.717) is 0 Å². The summed E-state index contributed by atoms with van der Waals surface area (Å²) in [6, 6.07) is 4.17.